The van der Waals surface area contributed by atoms with E-state index in [1.54, 1.807) is 26.2 Å². The highest BCUT2D eigenvalue weighted by Gasteiger charge is 2.14. The number of aliphatic hydroxyl groups excluding tert-OH is 1. The van der Waals surface area contributed by atoms with Crippen LogP contribution >= 0.6 is 11.3 Å². The first-order chi connectivity index (χ1) is 8.10. The van der Waals surface area contributed by atoms with Gasteiger partial charge in [-0.15, -0.1) is 11.3 Å². The van der Waals surface area contributed by atoms with Crippen molar-refractivity contribution < 1.29 is 14.2 Å². The first-order valence-electron chi connectivity index (χ1n) is 5.17. The van der Waals surface area contributed by atoms with E-state index in [-0.39, 0.29) is 5.82 Å². The number of aliphatic hydroxyl groups is 1. The van der Waals surface area contributed by atoms with Gasteiger partial charge in [-0.3, -0.25) is 0 Å². The van der Waals surface area contributed by atoms with Gasteiger partial charge in [-0.05, 0) is 36.2 Å². The molecule has 0 spiro atoms. The lowest BCUT2D eigenvalue weighted by atomic mass is 10.1. The monoisotopic (exact) mass is 252 g/mol. The van der Waals surface area contributed by atoms with Crippen molar-refractivity contribution in [2.24, 2.45) is 0 Å². The van der Waals surface area contributed by atoms with E-state index in [2.05, 4.69) is 0 Å². The molecular weight excluding hydrogens is 239 g/mol. The standard InChI is InChI=1S/C13H13FO2S/c1-8-3-9(5-10(14)4-8)13(15)12-6-11(16-2)7-17-12/h3-7,13,15H,1-2H3. The molecule has 4 heteroatoms. The summed E-state index contributed by atoms with van der Waals surface area (Å²) in [5, 5.41) is 11.9. The fourth-order valence-electron chi connectivity index (χ4n) is 1.67. The number of rotatable bonds is 3. The first-order valence-corrected chi connectivity index (χ1v) is 6.05. The van der Waals surface area contributed by atoms with Crippen LogP contribution in [0.25, 0.3) is 0 Å². The summed E-state index contributed by atoms with van der Waals surface area (Å²) in [5.41, 5.74) is 1.36. The zero-order valence-corrected chi connectivity index (χ0v) is 10.4. The molecule has 2 aromatic rings. The fourth-order valence-corrected chi connectivity index (χ4v) is 2.54. The Morgan fingerprint density at radius 2 is 2.06 bits per heavy atom. The van der Waals surface area contributed by atoms with Crippen LogP contribution in [0.4, 0.5) is 4.39 Å². The Morgan fingerprint density at radius 3 is 2.65 bits per heavy atom. The van der Waals surface area contributed by atoms with Crippen LogP contribution in [0.5, 0.6) is 5.75 Å². The van der Waals surface area contributed by atoms with Crippen molar-refractivity contribution in [3.05, 3.63) is 51.5 Å². The molecule has 1 N–H and O–H groups in total. The van der Waals surface area contributed by atoms with E-state index in [9.17, 15) is 9.50 Å². The van der Waals surface area contributed by atoms with Gasteiger partial charge < -0.3 is 9.84 Å². The Hall–Kier alpha value is -1.39. The quantitative estimate of drug-likeness (QED) is 0.908. The second kappa shape index (κ2) is 4.85. The number of methoxy groups -OCH3 is 1. The Kier molecular flexibility index (Phi) is 3.45. The second-order valence-corrected chi connectivity index (χ2v) is 4.80. The number of benzene rings is 1. The third kappa shape index (κ3) is 2.65. The Bertz CT molecular complexity index is 502. The summed E-state index contributed by atoms with van der Waals surface area (Å²) in [5.74, 6) is 0.375. The number of hydrogen-bond acceptors (Lipinski definition) is 3. The van der Waals surface area contributed by atoms with Crippen LogP contribution in [-0.4, -0.2) is 12.2 Å². The van der Waals surface area contributed by atoms with Crippen molar-refractivity contribution in [2.45, 2.75) is 13.0 Å². The summed E-state index contributed by atoms with van der Waals surface area (Å²) in [6.45, 7) is 1.80. The van der Waals surface area contributed by atoms with Crippen molar-refractivity contribution in [1.82, 2.24) is 0 Å². The lowest BCUT2D eigenvalue weighted by molar-refractivity contribution is 0.223. The highest BCUT2D eigenvalue weighted by molar-refractivity contribution is 7.10. The molecular formula is C13H13FO2S. The molecule has 0 fully saturated rings. The maximum atomic E-state index is 13.2. The van der Waals surface area contributed by atoms with E-state index in [4.69, 9.17) is 4.74 Å². The zero-order valence-electron chi connectivity index (χ0n) is 9.61. The molecule has 0 radical (unpaired) electrons. The number of ether oxygens (including phenoxy) is 1. The summed E-state index contributed by atoms with van der Waals surface area (Å²) in [4.78, 5) is 0.742. The molecule has 2 rings (SSSR count). The minimum Gasteiger partial charge on any atom is -0.496 e. The maximum Gasteiger partial charge on any atom is 0.129 e. The minimum atomic E-state index is -0.807. The summed E-state index contributed by atoms with van der Waals surface area (Å²) >= 11 is 1.39. The van der Waals surface area contributed by atoms with Crippen molar-refractivity contribution >= 4 is 11.3 Å². The number of thiophene rings is 1. The van der Waals surface area contributed by atoms with Crippen LogP contribution in [0.2, 0.25) is 0 Å². The molecule has 1 aromatic heterocycles. The summed E-state index contributed by atoms with van der Waals surface area (Å²) < 4.78 is 18.3. The molecule has 2 nitrogen and oxygen atoms in total. The van der Waals surface area contributed by atoms with Gasteiger partial charge in [0.25, 0.3) is 0 Å². The van der Waals surface area contributed by atoms with Gasteiger partial charge in [0.15, 0.2) is 0 Å². The van der Waals surface area contributed by atoms with Crippen LogP contribution in [0, 0.1) is 12.7 Å². The van der Waals surface area contributed by atoms with Gasteiger partial charge in [0, 0.05) is 10.3 Å². The topological polar surface area (TPSA) is 29.5 Å². The minimum absolute atomic E-state index is 0.331. The molecule has 0 amide bonds. The van der Waals surface area contributed by atoms with E-state index in [0.29, 0.717) is 11.3 Å². The lowest BCUT2D eigenvalue weighted by Gasteiger charge is -2.09. The molecule has 1 unspecified atom stereocenters. The summed E-state index contributed by atoms with van der Waals surface area (Å²) in [6, 6.07) is 6.32. The fraction of sp³-hybridized carbons (Fsp3) is 0.231. The molecule has 0 aliphatic heterocycles. The normalized spacial score (nSPS) is 12.5. The van der Waals surface area contributed by atoms with E-state index >= 15 is 0 Å². The smallest absolute Gasteiger partial charge is 0.129 e. The Labute approximate surface area is 103 Å². The van der Waals surface area contributed by atoms with Crippen molar-refractivity contribution in [1.29, 1.82) is 0 Å². The van der Waals surface area contributed by atoms with Gasteiger partial charge in [-0.2, -0.15) is 0 Å². The van der Waals surface area contributed by atoms with Crippen LogP contribution in [0.1, 0.15) is 22.1 Å². The van der Waals surface area contributed by atoms with Gasteiger partial charge in [-0.25, -0.2) is 4.39 Å². The number of halogens is 1. The molecule has 0 saturated heterocycles. The van der Waals surface area contributed by atoms with Gasteiger partial charge in [-0.1, -0.05) is 6.07 Å². The summed E-state index contributed by atoms with van der Waals surface area (Å²) in [6.07, 6.45) is -0.807. The second-order valence-electron chi connectivity index (χ2n) is 3.85. The molecule has 0 aliphatic rings. The molecule has 1 atom stereocenters. The molecule has 17 heavy (non-hydrogen) atoms. The lowest BCUT2D eigenvalue weighted by Crippen LogP contribution is -1.98. The first kappa shape index (κ1) is 12.1. The van der Waals surface area contributed by atoms with Crippen LogP contribution in [-0.2, 0) is 0 Å². The molecule has 90 valence electrons. The third-order valence-corrected chi connectivity index (χ3v) is 3.44. The van der Waals surface area contributed by atoms with Gasteiger partial charge >= 0.3 is 0 Å². The molecule has 1 aromatic carbocycles. The van der Waals surface area contributed by atoms with Crippen LogP contribution in [0.15, 0.2) is 29.6 Å². The van der Waals surface area contributed by atoms with Gasteiger partial charge in [0.1, 0.15) is 17.7 Å². The third-order valence-electron chi connectivity index (χ3n) is 2.48. The number of aryl methyl sites for hydroxylation is 1. The van der Waals surface area contributed by atoms with Crippen LogP contribution in [0.3, 0.4) is 0 Å². The predicted molar refractivity (Wildman–Crippen MR) is 66.1 cm³/mol. The van der Waals surface area contributed by atoms with E-state index in [0.717, 1.165) is 10.4 Å². The van der Waals surface area contributed by atoms with E-state index in [1.807, 2.05) is 5.38 Å². The highest BCUT2D eigenvalue weighted by Crippen LogP contribution is 2.31. The highest BCUT2D eigenvalue weighted by atomic mass is 32.1. The van der Waals surface area contributed by atoms with Crippen molar-refractivity contribution in [2.75, 3.05) is 7.11 Å². The Morgan fingerprint density at radius 1 is 1.29 bits per heavy atom. The van der Waals surface area contributed by atoms with Crippen molar-refractivity contribution in [3.8, 4) is 5.75 Å². The molecule has 0 saturated carbocycles. The average molecular weight is 252 g/mol. The van der Waals surface area contributed by atoms with E-state index < -0.39 is 6.10 Å². The van der Waals surface area contributed by atoms with Crippen LogP contribution < -0.4 is 4.74 Å². The zero-order chi connectivity index (χ0) is 12.4. The van der Waals surface area contributed by atoms with Gasteiger partial charge in [0.2, 0.25) is 0 Å². The molecule has 0 bridgehead atoms. The summed E-state index contributed by atoms with van der Waals surface area (Å²) in [7, 11) is 1.57. The molecule has 1 heterocycles. The number of hydrogen-bond donors (Lipinski definition) is 1. The maximum absolute atomic E-state index is 13.2. The largest absolute Gasteiger partial charge is 0.496 e. The van der Waals surface area contributed by atoms with E-state index in [1.165, 1.54) is 23.5 Å². The van der Waals surface area contributed by atoms with Gasteiger partial charge in [0.05, 0.1) is 7.11 Å². The average Bonchev–Trinajstić information content (AvgIpc) is 2.75. The van der Waals surface area contributed by atoms with Crippen molar-refractivity contribution in [3.63, 3.8) is 0 Å². The Balaban J connectivity index is 2.32. The SMILES string of the molecule is COc1csc(C(O)c2cc(C)cc(F)c2)c1. The molecule has 0 aliphatic carbocycles. The predicted octanol–water partition coefficient (Wildman–Crippen LogP) is 3.29.